The molecule has 0 radical (unpaired) electrons. The summed E-state index contributed by atoms with van der Waals surface area (Å²) in [5, 5.41) is 0. The van der Waals surface area contributed by atoms with Crippen molar-refractivity contribution in [2.45, 2.75) is 52.5 Å². The second kappa shape index (κ2) is 4.45. The maximum Gasteiger partial charge on any atom is 0.0407 e. The van der Waals surface area contributed by atoms with Gasteiger partial charge in [-0.2, -0.15) is 0 Å². The minimum Gasteiger partial charge on any atom is -0.294 e. The molecule has 94 valence electrons. The number of benzene rings is 1. The van der Waals surface area contributed by atoms with E-state index in [9.17, 15) is 0 Å². The molecule has 0 aromatic heterocycles. The van der Waals surface area contributed by atoms with E-state index in [1.54, 1.807) is 5.56 Å². The standard InChI is InChI=1S/C16H25N/c1-6-17-10-9-14-11-13(12(2)3)7-8-15(14)16(17,4)5/h7-8,11-12H,6,9-10H2,1-5H3. The predicted molar refractivity (Wildman–Crippen MR) is 74.5 cm³/mol. The third-order valence-electron chi connectivity index (χ3n) is 4.28. The molecule has 1 heteroatoms. The molecule has 0 fully saturated rings. The predicted octanol–water partition coefficient (Wildman–Crippen LogP) is 3.92. The number of nitrogens with zero attached hydrogens (tertiary/aromatic N) is 1. The highest BCUT2D eigenvalue weighted by atomic mass is 15.2. The first kappa shape index (κ1) is 12.6. The Kier molecular flexibility index (Phi) is 3.31. The summed E-state index contributed by atoms with van der Waals surface area (Å²) in [5.41, 5.74) is 4.75. The van der Waals surface area contributed by atoms with E-state index in [2.05, 4.69) is 57.7 Å². The van der Waals surface area contributed by atoms with Crippen LogP contribution in [-0.2, 0) is 12.0 Å². The van der Waals surface area contributed by atoms with Crippen LogP contribution in [0.25, 0.3) is 0 Å². The number of hydrogen-bond acceptors (Lipinski definition) is 1. The summed E-state index contributed by atoms with van der Waals surface area (Å²) in [7, 11) is 0. The van der Waals surface area contributed by atoms with Gasteiger partial charge in [-0.3, -0.25) is 4.90 Å². The minimum absolute atomic E-state index is 0.192. The summed E-state index contributed by atoms with van der Waals surface area (Å²) in [6.45, 7) is 13.8. The summed E-state index contributed by atoms with van der Waals surface area (Å²) in [6.07, 6.45) is 1.20. The van der Waals surface area contributed by atoms with Gasteiger partial charge in [0.1, 0.15) is 0 Å². The second-order valence-electron chi connectivity index (χ2n) is 5.96. The average molecular weight is 231 g/mol. The molecular weight excluding hydrogens is 206 g/mol. The Balaban J connectivity index is 2.43. The van der Waals surface area contributed by atoms with Crippen molar-refractivity contribution in [3.05, 3.63) is 34.9 Å². The summed E-state index contributed by atoms with van der Waals surface area (Å²) in [5.74, 6) is 0.632. The molecular formula is C16H25N. The Morgan fingerprint density at radius 1 is 1.29 bits per heavy atom. The highest BCUT2D eigenvalue weighted by molar-refractivity contribution is 5.39. The van der Waals surface area contributed by atoms with Gasteiger partial charge in [0.2, 0.25) is 0 Å². The highest BCUT2D eigenvalue weighted by Crippen LogP contribution is 2.35. The first-order valence-corrected chi connectivity index (χ1v) is 6.85. The monoisotopic (exact) mass is 231 g/mol. The molecule has 2 rings (SSSR count). The third-order valence-corrected chi connectivity index (χ3v) is 4.28. The van der Waals surface area contributed by atoms with Crippen LogP contribution < -0.4 is 0 Å². The van der Waals surface area contributed by atoms with Crippen molar-refractivity contribution in [3.8, 4) is 0 Å². The van der Waals surface area contributed by atoms with Crippen LogP contribution in [0, 0.1) is 0 Å². The molecule has 0 unspecified atom stereocenters. The molecule has 1 aromatic carbocycles. The van der Waals surface area contributed by atoms with Crippen molar-refractivity contribution < 1.29 is 0 Å². The Morgan fingerprint density at radius 2 is 2.00 bits per heavy atom. The quantitative estimate of drug-likeness (QED) is 0.745. The zero-order valence-electron chi connectivity index (χ0n) is 11.9. The molecule has 1 heterocycles. The molecule has 0 bridgehead atoms. The van der Waals surface area contributed by atoms with E-state index in [0.29, 0.717) is 5.92 Å². The number of likely N-dealkylation sites (N-methyl/N-ethyl adjacent to an activating group) is 1. The molecule has 0 saturated carbocycles. The largest absolute Gasteiger partial charge is 0.294 e. The van der Waals surface area contributed by atoms with Crippen LogP contribution in [0.1, 0.15) is 57.2 Å². The van der Waals surface area contributed by atoms with E-state index in [0.717, 1.165) is 6.54 Å². The van der Waals surface area contributed by atoms with E-state index in [1.165, 1.54) is 24.1 Å². The SMILES string of the molecule is CCN1CCc2cc(C(C)C)ccc2C1(C)C. The molecule has 0 saturated heterocycles. The Labute approximate surface area is 106 Å². The van der Waals surface area contributed by atoms with Crippen molar-refractivity contribution >= 4 is 0 Å². The summed E-state index contributed by atoms with van der Waals surface area (Å²) < 4.78 is 0. The minimum atomic E-state index is 0.192. The summed E-state index contributed by atoms with van der Waals surface area (Å²) in [4.78, 5) is 2.57. The van der Waals surface area contributed by atoms with Crippen LogP contribution in [0.4, 0.5) is 0 Å². The maximum atomic E-state index is 2.57. The van der Waals surface area contributed by atoms with Gasteiger partial charge >= 0.3 is 0 Å². The van der Waals surface area contributed by atoms with Crippen molar-refractivity contribution in [2.75, 3.05) is 13.1 Å². The molecule has 0 atom stereocenters. The lowest BCUT2D eigenvalue weighted by molar-refractivity contribution is 0.114. The summed E-state index contributed by atoms with van der Waals surface area (Å²) in [6, 6.07) is 7.09. The maximum absolute atomic E-state index is 2.57. The van der Waals surface area contributed by atoms with E-state index in [-0.39, 0.29) is 5.54 Å². The van der Waals surface area contributed by atoms with Crippen LogP contribution in [0.15, 0.2) is 18.2 Å². The van der Waals surface area contributed by atoms with Crippen molar-refractivity contribution in [1.29, 1.82) is 0 Å². The smallest absolute Gasteiger partial charge is 0.0407 e. The number of fused-ring (bicyclic) bond motifs is 1. The average Bonchev–Trinajstić information content (AvgIpc) is 2.28. The van der Waals surface area contributed by atoms with Gasteiger partial charge in [0.25, 0.3) is 0 Å². The second-order valence-corrected chi connectivity index (χ2v) is 5.96. The van der Waals surface area contributed by atoms with Crippen LogP contribution in [0.5, 0.6) is 0 Å². The van der Waals surface area contributed by atoms with Gasteiger partial charge in [-0.25, -0.2) is 0 Å². The molecule has 17 heavy (non-hydrogen) atoms. The van der Waals surface area contributed by atoms with E-state index >= 15 is 0 Å². The van der Waals surface area contributed by atoms with Gasteiger partial charge in [0.15, 0.2) is 0 Å². The third kappa shape index (κ3) is 2.13. The zero-order valence-corrected chi connectivity index (χ0v) is 11.9. The summed E-state index contributed by atoms with van der Waals surface area (Å²) >= 11 is 0. The molecule has 0 aliphatic carbocycles. The highest BCUT2D eigenvalue weighted by Gasteiger charge is 2.33. The van der Waals surface area contributed by atoms with Crippen molar-refractivity contribution in [3.63, 3.8) is 0 Å². The van der Waals surface area contributed by atoms with Gasteiger partial charge in [0.05, 0.1) is 0 Å². The fraction of sp³-hybridized carbons (Fsp3) is 0.625. The Hall–Kier alpha value is -0.820. The molecule has 1 aliphatic heterocycles. The van der Waals surface area contributed by atoms with Gasteiger partial charge < -0.3 is 0 Å². The molecule has 0 amide bonds. The fourth-order valence-corrected chi connectivity index (χ4v) is 3.04. The van der Waals surface area contributed by atoms with Gasteiger partial charge in [-0.1, -0.05) is 39.0 Å². The van der Waals surface area contributed by atoms with Gasteiger partial charge in [0, 0.05) is 12.1 Å². The molecule has 1 aromatic rings. The van der Waals surface area contributed by atoms with Crippen molar-refractivity contribution in [2.24, 2.45) is 0 Å². The zero-order chi connectivity index (χ0) is 12.6. The lowest BCUT2D eigenvalue weighted by Gasteiger charge is -2.43. The molecule has 1 aliphatic rings. The van der Waals surface area contributed by atoms with Crippen molar-refractivity contribution in [1.82, 2.24) is 4.90 Å². The lowest BCUT2D eigenvalue weighted by atomic mass is 9.81. The first-order valence-electron chi connectivity index (χ1n) is 6.85. The van der Waals surface area contributed by atoms with Gasteiger partial charge in [-0.05, 0) is 49.4 Å². The van der Waals surface area contributed by atoms with Crippen LogP contribution >= 0.6 is 0 Å². The van der Waals surface area contributed by atoms with Gasteiger partial charge in [-0.15, -0.1) is 0 Å². The normalized spacial score (nSPS) is 19.4. The molecule has 1 nitrogen and oxygen atoms in total. The van der Waals surface area contributed by atoms with E-state index in [1.807, 2.05) is 0 Å². The topological polar surface area (TPSA) is 3.24 Å². The Bertz CT molecular complexity index is 404. The number of hydrogen-bond donors (Lipinski definition) is 0. The van der Waals surface area contributed by atoms with Crippen LogP contribution in [0.3, 0.4) is 0 Å². The van der Waals surface area contributed by atoms with E-state index < -0.39 is 0 Å². The van der Waals surface area contributed by atoms with Crippen LogP contribution in [0.2, 0.25) is 0 Å². The first-order chi connectivity index (χ1) is 7.96. The fourth-order valence-electron chi connectivity index (χ4n) is 3.04. The number of rotatable bonds is 2. The van der Waals surface area contributed by atoms with E-state index in [4.69, 9.17) is 0 Å². The lowest BCUT2D eigenvalue weighted by Crippen LogP contribution is -2.46. The van der Waals surface area contributed by atoms with Crippen LogP contribution in [-0.4, -0.2) is 18.0 Å². The molecule has 0 N–H and O–H groups in total. The Morgan fingerprint density at radius 3 is 2.59 bits per heavy atom. The molecule has 0 spiro atoms.